The van der Waals surface area contributed by atoms with Gasteiger partial charge in [0.15, 0.2) is 0 Å². The van der Waals surface area contributed by atoms with E-state index in [1.165, 1.54) is 12.1 Å². The number of carbonyl (C=O) groups is 1. The third-order valence-corrected chi connectivity index (χ3v) is 4.51. The molecule has 3 atom stereocenters. The molecule has 1 saturated carbocycles. The maximum Gasteiger partial charge on any atom is 0.269 e. The van der Waals surface area contributed by atoms with Crippen LogP contribution in [0.3, 0.4) is 0 Å². The molecule has 6 nitrogen and oxygen atoms in total. The lowest BCUT2D eigenvalue weighted by Gasteiger charge is -2.22. The van der Waals surface area contributed by atoms with E-state index < -0.39 is 4.92 Å². The molecule has 7 heteroatoms. The van der Waals surface area contributed by atoms with Crippen LogP contribution in [0.2, 0.25) is 0 Å². The van der Waals surface area contributed by atoms with Gasteiger partial charge in [0.2, 0.25) is 5.91 Å². The Bertz CT molecular complexity index is 553. The third kappa shape index (κ3) is 4.65. The number of benzene rings is 1. The molecule has 0 bridgehead atoms. The Morgan fingerprint density at radius 1 is 1.48 bits per heavy atom. The Morgan fingerprint density at radius 3 is 2.83 bits per heavy atom. The molecule has 1 fully saturated rings. The van der Waals surface area contributed by atoms with Crippen molar-refractivity contribution >= 4 is 24.0 Å². The number of nitrogens with two attached hydrogens (primary N) is 1. The Hall–Kier alpha value is -1.66. The third-order valence-electron chi connectivity index (χ3n) is 4.51. The highest BCUT2D eigenvalue weighted by Gasteiger charge is 2.32. The number of hydrogen-bond acceptors (Lipinski definition) is 4. The van der Waals surface area contributed by atoms with Gasteiger partial charge >= 0.3 is 0 Å². The van der Waals surface area contributed by atoms with Gasteiger partial charge in [0.1, 0.15) is 0 Å². The number of amides is 1. The molecule has 0 aliphatic heterocycles. The van der Waals surface area contributed by atoms with E-state index in [-0.39, 0.29) is 41.9 Å². The standard InChI is InChI=1S/C16H23N3O3.ClH/c1-2-15(11-5-3-7-13(9-11)19(21)22)18-16(20)14-8-4-6-12(14)10-17;/h3,5,7,9,12,14-15H,2,4,6,8,10,17H2,1H3,(H,18,20);1H/t12-,14-,15?;/m1./s1. The van der Waals surface area contributed by atoms with Crippen LogP contribution in [0, 0.1) is 22.0 Å². The lowest BCUT2D eigenvalue weighted by molar-refractivity contribution is -0.384. The second kappa shape index (κ2) is 8.84. The number of halogens is 1. The van der Waals surface area contributed by atoms with Gasteiger partial charge < -0.3 is 11.1 Å². The first-order valence-corrected chi connectivity index (χ1v) is 7.81. The molecular formula is C16H24ClN3O3. The molecule has 0 heterocycles. The molecule has 1 unspecified atom stereocenters. The predicted octanol–water partition coefficient (Wildman–Crippen LogP) is 2.96. The summed E-state index contributed by atoms with van der Waals surface area (Å²) in [5, 5.41) is 13.9. The molecule has 1 aromatic carbocycles. The first-order chi connectivity index (χ1) is 10.6. The monoisotopic (exact) mass is 341 g/mol. The lowest BCUT2D eigenvalue weighted by atomic mass is 9.94. The van der Waals surface area contributed by atoms with Crippen molar-refractivity contribution in [2.24, 2.45) is 17.6 Å². The van der Waals surface area contributed by atoms with E-state index in [4.69, 9.17) is 5.73 Å². The number of nitrogens with one attached hydrogen (secondary N) is 1. The summed E-state index contributed by atoms with van der Waals surface area (Å²) in [5.41, 5.74) is 6.55. The van der Waals surface area contributed by atoms with Crippen molar-refractivity contribution in [1.82, 2.24) is 5.32 Å². The van der Waals surface area contributed by atoms with Crippen LogP contribution in [0.1, 0.15) is 44.2 Å². The van der Waals surface area contributed by atoms with Crippen LogP contribution in [-0.4, -0.2) is 17.4 Å². The first-order valence-electron chi connectivity index (χ1n) is 7.81. The second-order valence-electron chi connectivity index (χ2n) is 5.85. The summed E-state index contributed by atoms with van der Waals surface area (Å²) in [5.74, 6) is 0.242. The summed E-state index contributed by atoms with van der Waals surface area (Å²) in [6.07, 6.45) is 3.60. The number of non-ortho nitro benzene ring substituents is 1. The van der Waals surface area contributed by atoms with Crippen molar-refractivity contribution < 1.29 is 9.72 Å². The number of rotatable bonds is 6. The minimum absolute atomic E-state index is 0. The number of nitro benzene ring substituents is 1. The van der Waals surface area contributed by atoms with Gasteiger partial charge in [-0.3, -0.25) is 14.9 Å². The Balaban J connectivity index is 0.00000264. The Morgan fingerprint density at radius 2 is 2.22 bits per heavy atom. The first kappa shape index (κ1) is 19.4. The molecule has 0 radical (unpaired) electrons. The van der Waals surface area contributed by atoms with Gasteiger partial charge in [-0.2, -0.15) is 0 Å². The topological polar surface area (TPSA) is 98.3 Å². The van der Waals surface area contributed by atoms with Crippen molar-refractivity contribution in [1.29, 1.82) is 0 Å². The molecule has 1 aliphatic carbocycles. The molecule has 1 aliphatic rings. The van der Waals surface area contributed by atoms with Gasteiger partial charge in [-0.15, -0.1) is 12.4 Å². The molecule has 128 valence electrons. The van der Waals surface area contributed by atoms with Crippen molar-refractivity contribution in [3.05, 3.63) is 39.9 Å². The number of nitro groups is 1. The van der Waals surface area contributed by atoms with Crippen LogP contribution in [0.5, 0.6) is 0 Å². The minimum atomic E-state index is -0.417. The SMILES string of the molecule is CCC(NC(=O)[C@@H]1CCC[C@@H]1CN)c1cccc([N+](=O)[O-])c1.Cl. The van der Waals surface area contributed by atoms with E-state index in [0.29, 0.717) is 13.0 Å². The maximum absolute atomic E-state index is 12.5. The molecule has 23 heavy (non-hydrogen) atoms. The van der Waals surface area contributed by atoms with Gasteiger partial charge in [0, 0.05) is 18.1 Å². The largest absolute Gasteiger partial charge is 0.349 e. The summed E-state index contributed by atoms with van der Waals surface area (Å²) in [4.78, 5) is 22.9. The molecule has 1 amide bonds. The van der Waals surface area contributed by atoms with Gasteiger partial charge in [0.25, 0.3) is 5.69 Å². The number of nitrogens with zero attached hydrogens (tertiary/aromatic N) is 1. The van der Waals surface area contributed by atoms with E-state index in [0.717, 1.165) is 24.8 Å². The van der Waals surface area contributed by atoms with Crippen molar-refractivity contribution in [2.75, 3.05) is 6.54 Å². The molecule has 3 N–H and O–H groups in total. The van der Waals surface area contributed by atoms with E-state index in [2.05, 4.69) is 5.32 Å². The van der Waals surface area contributed by atoms with Crippen LogP contribution < -0.4 is 11.1 Å². The lowest BCUT2D eigenvalue weighted by Crippen LogP contribution is -2.37. The van der Waals surface area contributed by atoms with Crippen molar-refractivity contribution in [2.45, 2.75) is 38.6 Å². The van der Waals surface area contributed by atoms with Crippen LogP contribution in [0.4, 0.5) is 5.69 Å². The van der Waals surface area contributed by atoms with Crippen molar-refractivity contribution in [3.63, 3.8) is 0 Å². The summed E-state index contributed by atoms with van der Waals surface area (Å²) >= 11 is 0. The van der Waals surface area contributed by atoms with Crippen molar-refractivity contribution in [3.8, 4) is 0 Å². The Kier molecular flexibility index (Phi) is 7.45. The van der Waals surface area contributed by atoms with Crippen LogP contribution >= 0.6 is 12.4 Å². The highest BCUT2D eigenvalue weighted by atomic mass is 35.5. The molecule has 0 aromatic heterocycles. The van der Waals surface area contributed by atoms with Gasteiger partial charge in [0.05, 0.1) is 11.0 Å². The van der Waals surface area contributed by atoms with Crippen LogP contribution in [0.25, 0.3) is 0 Å². The number of hydrogen-bond donors (Lipinski definition) is 2. The number of carbonyl (C=O) groups excluding carboxylic acids is 1. The average molecular weight is 342 g/mol. The zero-order chi connectivity index (χ0) is 16.1. The van der Waals surface area contributed by atoms with E-state index in [1.807, 2.05) is 13.0 Å². The fraction of sp³-hybridized carbons (Fsp3) is 0.562. The minimum Gasteiger partial charge on any atom is -0.349 e. The summed E-state index contributed by atoms with van der Waals surface area (Å²) < 4.78 is 0. The highest BCUT2D eigenvalue weighted by Crippen LogP contribution is 2.32. The van der Waals surface area contributed by atoms with Crippen LogP contribution in [-0.2, 0) is 4.79 Å². The maximum atomic E-state index is 12.5. The smallest absolute Gasteiger partial charge is 0.269 e. The van der Waals surface area contributed by atoms with Gasteiger partial charge in [-0.1, -0.05) is 25.5 Å². The second-order valence-corrected chi connectivity index (χ2v) is 5.85. The zero-order valence-corrected chi connectivity index (χ0v) is 14.1. The Labute approximate surface area is 142 Å². The molecule has 0 spiro atoms. The highest BCUT2D eigenvalue weighted by molar-refractivity contribution is 5.85. The fourth-order valence-electron chi connectivity index (χ4n) is 3.22. The summed E-state index contributed by atoms with van der Waals surface area (Å²) in [6, 6.07) is 6.26. The quantitative estimate of drug-likeness (QED) is 0.613. The van der Waals surface area contributed by atoms with E-state index in [1.54, 1.807) is 6.07 Å². The molecular weight excluding hydrogens is 318 g/mol. The molecule has 1 aromatic rings. The molecule has 0 saturated heterocycles. The van der Waals surface area contributed by atoms with Gasteiger partial charge in [-0.05, 0) is 37.3 Å². The van der Waals surface area contributed by atoms with Gasteiger partial charge in [-0.25, -0.2) is 0 Å². The fourth-order valence-corrected chi connectivity index (χ4v) is 3.22. The predicted molar refractivity (Wildman–Crippen MR) is 91.4 cm³/mol. The summed E-state index contributed by atoms with van der Waals surface area (Å²) in [7, 11) is 0. The zero-order valence-electron chi connectivity index (χ0n) is 13.2. The van der Waals surface area contributed by atoms with Crippen LogP contribution in [0.15, 0.2) is 24.3 Å². The normalized spacial score (nSPS) is 21.3. The summed E-state index contributed by atoms with van der Waals surface area (Å²) in [6.45, 7) is 2.49. The molecule has 2 rings (SSSR count). The van der Waals surface area contributed by atoms with E-state index >= 15 is 0 Å². The average Bonchev–Trinajstić information content (AvgIpc) is 3.01. The van der Waals surface area contributed by atoms with E-state index in [9.17, 15) is 14.9 Å².